The van der Waals surface area contributed by atoms with Gasteiger partial charge < -0.3 is 19.5 Å². The summed E-state index contributed by atoms with van der Waals surface area (Å²) in [7, 11) is 1.63. The molecule has 8 nitrogen and oxygen atoms in total. The molecule has 0 atom stereocenters. The van der Waals surface area contributed by atoms with Gasteiger partial charge in [-0.05, 0) is 43.3 Å². The number of rotatable bonds is 6. The van der Waals surface area contributed by atoms with Crippen molar-refractivity contribution in [1.82, 2.24) is 14.8 Å². The molecule has 9 heteroatoms. The normalized spacial score (nSPS) is 12.5. The minimum atomic E-state index is -0.145. The Morgan fingerprint density at radius 1 is 1.14 bits per heavy atom. The number of nitrogens with zero attached hydrogens (tertiary/aromatic N) is 3. The minimum Gasteiger partial charge on any atom is -0.497 e. The second-order valence-corrected chi connectivity index (χ2v) is 7.20. The third-order valence-electron chi connectivity index (χ3n) is 4.28. The van der Waals surface area contributed by atoms with Gasteiger partial charge in [-0.1, -0.05) is 11.8 Å². The Morgan fingerprint density at radius 3 is 2.66 bits per heavy atom. The van der Waals surface area contributed by atoms with Gasteiger partial charge in [0.05, 0.1) is 12.9 Å². The lowest BCUT2D eigenvalue weighted by Gasteiger charge is -2.19. The maximum atomic E-state index is 12.4. The highest BCUT2D eigenvalue weighted by Gasteiger charge is 2.15. The summed E-state index contributed by atoms with van der Waals surface area (Å²) in [5.41, 5.74) is 1.57. The van der Waals surface area contributed by atoms with Gasteiger partial charge in [-0.3, -0.25) is 9.36 Å². The topological polar surface area (TPSA) is 87.5 Å². The summed E-state index contributed by atoms with van der Waals surface area (Å²) in [5, 5.41) is 11.9. The van der Waals surface area contributed by atoms with Crippen LogP contribution in [0.3, 0.4) is 0 Å². The lowest BCUT2D eigenvalue weighted by molar-refractivity contribution is -0.113. The smallest absolute Gasteiger partial charge is 0.234 e. The molecule has 0 saturated carbocycles. The van der Waals surface area contributed by atoms with Crippen LogP contribution in [0.5, 0.6) is 17.2 Å². The molecule has 3 aromatic rings. The number of anilines is 1. The summed E-state index contributed by atoms with van der Waals surface area (Å²) < 4.78 is 18.1. The first-order chi connectivity index (χ1) is 14.1. The molecule has 1 N–H and O–H groups in total. The standard InChI is InChI=1S/C20H20N4O4S/c1-13-22-23-20(24(13)15-4-6-16(26-2)7-5-15)29-12-19(25)21-14-3-8-17-18(11-14)28-10-9-27-17/h3-8,11H,9-10,12H2,1-2H3,(H,21,25). The van der Waals surface area contributed by atoms with Gasteiger partial charge in [-0.15, -0.1) is 10.2 Å². The molecule has 2 heterocycles. The molecule has 1 aromatic heterocycles. The van der Waals surface area contributed by atoms with Crippen LogP contribution in [0.1, 0.15) is 5.82 Å². The summed E-state index contributed by atoms with van der Waals surface area (Å²) in [6.45, 7) is 2.90. The van der Waals surface area contributed by atoms with E-state index >= 15 is 0 Å². The number of nitrogens with one attached hydrogen (secondary N) is 1. The van der Waals surface area contributed by atoms with E-state index in [1.165, 1.54) is 11.8 Å². The lowest BCUT2D eigenvalue weighted by atomic mass is 10.2. The van der Waals surface area contributed by atoms with Crippen LogP contribution < -0.4 is 19.5 Å². The van der Waals surface area contributed by atoms with Gasteiger partial charge in [0.25, 0.3) is 0 Å². The second kappa shape index (κ2) is 8.44. The number of fused-ring (bicyclic) bond motifs is 1. The molecule has 1 amide bonds. The summed E-state index contributed by atoms with van der Waals surface area (Å²) in [5.74, 6) is 2.89. The summed E-state index contributed by atoms with van der Waals surface area (Å²) >= 11 is 1.32. The van der Waals surface area contributed by atoms with Crippen molar-refractivity contribution in [3.05, 3.63) is 48.3 Å². The zero-order valence-electron chi connectivity index (χ0n) is 16.0. The van der Waals surface area contributed by atoms with Crippen LogP contribution in [-0.4, -0.2) is 46.7 Å². The minimum absolute atomic E-state index is 0.145. The lowest BCUT2D eigenvalue weighted by Crippen LogP contribution is -2.17. The number of amides is 1. The van der Waals surface area contributed by atoms with Crippen molar-refractivity contribution in [2.75, 3.05) is 31.4 Å². The van der Waals surface area contributed by atoms with Crippen molar-refractivity contribution in [2.24, 2.45) is 0 Å². The molecule has 0 aliphatic carbocycles. The first-order valence-corrected chi connectivity index (χ1v) is 10.0. The second-order valence-electron chi connectivity index (χ2n) is 6.26. The fourth-order valence-corrected chi connectivity index (χ4v) is 3.71. The number of aryl methyl sites for hydroxylation is 1. The molecular formula is C20H20N4O4S. The maximum Gasteiger partial charge on any atom is 0.234 e. The van der Waals surface area contributed by atoms with Crippen molar-refractivity contribution in [3.63, 3.8) is 0 Å². The van der Waals surface area contributed by atoms with E-state index in [1.54, 1.807) is 25.3 Å². The number of thioether (sulfide) groups is 1. The molecule has 0 spiro atoms. The Labute approximate surface area is 172 Å². The van der Waals surface area contributed by atoms with Gasteiger partial charge in [0.1, 0.15) is 24.8 Å². The monoisotopic (exact) mass is 412 g/mol. The van der Waals surface area contributed by atoms with Crippen molar-refractivity contribution in [3.8, 4) is 22.9 Å². The van der Waals surface area contributed by atoms with E-state index in [2.05, 4.69) is 15.5 Å². The number of hydrogen-bond acceptors (Lipinski definition) is 7. The average molecular weight is 412 g/mol. The van der Waals surface area contributed by atoms with Gasteiger partial charge in [0.15, 0.2) is 16.7 Å². The predicted molar refractivity (Wildman–Crippen MR) is 109 cm³/mol. The largest absolute Gasteiger partial charge is 0.497 e. The zero-order chi connectivity index (χ0) is 20.2. The Morgan fingerprint density at radius 2 is 1.90 bits per heavy atom. The first kappa shape index (κ1) is 19.1. The third-order valence-corrected chi connectivity index (χ3v) is 5.21. The van der Waals surface area contributed by atoms with Crippen LogP contribution in [0.25, 0.3) is 5.69 Å². The highest BCUT2D eigenvalue weighted by Crippen LogP contribution is 2.32. The highest BCUT2D eigenvalue weighted by atomic mass is 32.2. The van der Waals surface area contributed by atoms with Crippen molar-refractivity contribution >= 4 is 23.4 Å². The Kier molecular flexibility index (Phi) is 5.57. The van der Waals surface area contributed by atoms with Crippen LogP contribution in [0.2, 0.25) is 0 Å². The molecule has 0 bridgehead atoms. The van der Waals surface area contributed by atoms with Crippen LogP contribution in [-0.2, 0) is 4.79 Å². The number of ether oxygens (including phenoxy) is 3. The summed E-state index contributed by atoms with van der Waals surface area (Å²) in [6, 6.07) is 12.9. The van der Waals surface area contributed by atoms with E-state index in [1.807, 2.05) is 35.8 Å². The van der Waals surface area contributed by atoms with Gasteiger partial charge in [0, 0.05) is 17.4 Å². The van der Waals surface area contributed by atoms with Crippen LogP contribution >= 0.6 is 11.8 Å². The van der Waals surface area contributed by atoms with Crippen molar-refractivity contribution in [1.29, 1.82) is 0 Å². The zero-order valence-corrected chi connectivity index (χ0v) is 16.9. The molecular weight excluding hydrogens is 392 g/mol. The van der Waals surface area contributed by atoms with E-state index < -0.39 is 0 Å². The molecule has 29 heavy (non-hydrogen) atoms. The van der Waals surface area contributed by atoms with Crippen molar-refractivity contribution < 1.29 is 19.0 Å². The van der Waals surface area contributed by atoms with Crippen LogP contribution in [0.4, 0.5) is 5.69 Å². The van der Waals surface area contributed by atoms with Crippen LogP contribution in [0, 0.1) is 6.92 Å². The quantitative estimate of drug-likeness (QED) is 0.623. The molecule has 0 radical (unpaired) electrons. The number of aromatic nitrogens is 3. The SMILES string of the molecule is COc1ccc(-n2c(C)nnc2SCC(=O)Nc2ccc3c(c2)OCCO3)cc1. The van der Waals surface area contributed by atoms with Gasteiger partial charge in [-0.2, -0.15) is 0 Å². The van der Waals surface area contributed by atoms with Gasteiger partial charge in [0.2, 0.25) is 5.91 Å². The summed E-state index contributed by atoms with van der Waals surface area (Å²) in [6.07, 6.45) is 0. The van der Waals surface area contributed by atoms with Crippen LogP contribution in [0.15, 0.2) is 47.6 Å². The first-order valence-electron chi connectivity index (χ1n) is 9.03. The number of carbonyl (C=O) groups excluding carboxylic acids is 1. The number of hydrogen-bond donors (Lipinski definition) is 1. The molecule has 1 aliphatic heterocycles. The molecule has 150 valence electrons. The maximum absolute atomic E-state index is 12.4. The molecule has 1 aliphatic rings. The Balaban J connectivity index is 1.42. The number of methoxy groups -OCH3 is 1. The van der Waals surface area contributed by atoms with E-state index in [0.29, 0.717) is 35.6 Å². The molecule has 0 fully saturated rings. The predicted octanol–water partition coefficient (Wildman–Crippen LogP) is 3.09. The highest BCUT2D eigenvalue weighted by molar-refractivity contribution is 7.99. The average Bonchev–Trinajstić information content (AvgIpc) is 3.12. The summed E-state index contributed by atoms with van der Waals surface area (Å²) in [4.78, 5) is 12.4. The number of carbonyl (C=O) groups is 1. The third kappa shape index (κ3) is 4.29. The van der Waals surface area contributed by atoms with Crippen molar-refractivity contribution in [2.45, 2.75) is 12.1 Å². The van der Waals surface area contributed by atoms with E-state index in [4.69, 9.17) is 14.2 Å². The Bertz CT molecular complexity index is 1020. The fourth-order valence-electron chi connectivity index (χ4n) is 2.91. The number of benzene rings is 2. The molecule has 0 saturated heterocycles. The molecule has 4 rings (SSSR count). The van der Waals surface area contributed by atoms with E-state index in [0.717, 1.165) is 17.3 Å². The fraction of sp³-hybridized carbons (Fsp3) is 0.250. The van der Waals surface area contributed by atoms with Gasteiger partial charge >= 0.3 is 0 Å². The Hall–Kier alpha value is -3.20. The van der Waals surface area contributed by atoms with Gasteiger partial charge in [-0.25, -0.2) is 0 Å². The molecule has 2 aromatic carbocycles. The van der Waals surface area contributed by atoms with E-state index in [-0.39, 0.29) is 11.7 Å². The van der Waals surface area contributed by atoms with E-state index in [9.17, 15) is 4.79 Å². The molecule has 0 unspecified atom stereocenters.